The van der Waals surface area contributed by atoms with E-state index in [4.69, 9.17) is 4.74 Å². The van der Waals surface area contributed by atoms with E-state index in [0.29, 0.717) is 17.7 Å². The molecule has 0 saturated heterocycles. The van der Waals surface area contributed by atoms with Crippen molar-refractivity contribution < 1.29 is 18.7 Å². The molecule has 2 aromatic rings. The molecule has 1 unspecified atom stereocenters. The number of thioether (sulfide) groups is 1. The van der Waals surface area contributed by atoms with Gasteiger partial charge in [-0.05, 0) is 54.4 Å². The molecule has 0 aromatic heterocycles. The molecule has 1 aliphatic heterocycles. The zero-order chi connectivity index (χ0) is 18.5. The molecule has 1 amide bonds. The Bertz CT molecular complexity index is 807. The van der Waals surface area contributed by atoms with Gasteiger partial charge in [0.05, 0.1) is 6.04 Å². The summed E-state index contributed by atoms with van der Waals surface area (Å²) in [6, 6.07) is 11.2. The quantitative estimate of drug-likeness (QED) is 0.773. The van der Waals surface area contributed by atoms with Gasteiger partial charge in [0.25, 0.3) is 5.91 Å². The van der Waals surface area contributed by atoms with Crippen molar-refractivity contribution in [3.63, 3.8) is 0 Å². The Labute approximate surface area is 156 Å². The summed E-state index contributed by atoms with van der Waals surface area (Å²) in [5.41, 5.74) is 1.44. The van der Waals surface area contributed by atoms with Gasteiger partial charge >= 0.3 is 0 Å². The van der Waals surface area contributed by atoms with Gasteiger partial charge in [-0.3, -0.25) is 9.59 Å². The Morgan fingerprint density at radius 2 is 2.00 bits per heavy atom. The molecular weight excluding hydrogens is 353 g/mol. The first-order valence-corrected chi connectivity index (χ1v) is 9.53. The third kappa shape index (κ3) is 4.43. The van der Waals surface area contributed by atoms with E-state index in [2.05, 4.69) is 5.32 Å². The Morgan fingerprint density at radius 1 is 1.23 bits per heavy atom. The van der Waals surface area contributed by atoms with Crippen LogP contribution in [-0.4, -0.2) is 24.1 Å². The molecule has 2 aromatic carbocycles. The van der Waals surface area contributed by atoms with Crippen molar-refractivity contribution in [3.05, 3.63) is 59.4 Å². The average Bonchev–Trinajstić information content (AvgIpc) is 2.66. The van der Waals surface area contributed by atoms with E-state index >= 15 is 0 Å². The van der Waals surface area contributed by atoms with Crippen LogP contribution >= 0.6 is 11.8 Å². The Kier molecular flexibility index (Phi) is 5.93. The van der Waals surface area contributed by atoms with Gasteiger partial charge in [-0.25, -0.2) is 4.39 Å². The Balaban J connectivity index is 1.57. The number of nitrogens with one attached hydrogen (secondary N) is 1. The third-order valence-electron chi connectivity index (χ3n) is 4.21. The van der Waals surface area contributed by atoms with E-state index in [1.54, 1.807) is 42.1 Å². The van der Waals surface area contributed by atoms with E-state index in [0.717, 1.165) is 22.6 Å². The molecule has 1 atom stereocenters. The van der Waals surface area contributed by atoms with Gasteiger partial charge < -0.3 is 10.1 Å². The summed E-state index contributed by atoms with van der Waals surface area (Å²) in [6.45, 7) is 1.68. The number of carbonyl (C=O) groups excluding carboxylic acids is 2. The molecular formula is C20H20FNO3S. The van der Waals surface area contributed by atoms with Crippen molar-refractivity contribution in [2.45, 2.75) is 30.7 Å². The normalized spacial score (nSPS) is 15.8. The zero-order valence-corrected chi connectivity index (χ0v) is 15.3. The van der Waals surface area contributed by atoms with Crippen molar-refractivity contribution in [2.75, 3.05) is 12.4 Å². The number of hydrogen-bond acceptors (Lipinski definition) is 4. The van der Waals surface area contributed by atoms with Gasteiger partial charge in [-0.2, -0.15) is 0 Å². The fraction of sp³-hybridized carbons (Fsp3) is 0.300. The first-order valence-electron chi connectivity index (χ1n) is 8.54. The highest BCUT2D eigenvalue weighted by molar-refractivity contribution is 7.99. The lowest BCUT2D eigenvalue weighted by Crippen LogP contribution is -2.34. The van der Waals surface area contributed by atoms with Crippen LogP contribution in [0.2, 0.25) is 0 Å². The third-order valence-corrected chi connectivity index (χ3v) is 5.34. The summed E-state index contributed by atoms with van der Waals surface area (Å²) >= 11 is 1.67. The molecule has 26 heavy (non-hydrogen) atoms. The molecule has 0 aliphatic carbocycles. The van der Waals surface area contributed by atoms with Crippen molar-refractivity contribution in [2.24, 2.45) is 0 Å². The van der Waals surface area contributed by atoms with Gasteiger partial charge in [-0.15, -0.1) is 11.8 Å². The Morgan fingerprint density at radius 3 is 2.73 bits per heavy atom. The van der Waals surface area contributed by atoms with Crippen molar-refractivity contribution >= 4 is 23.5 Å². The highest BCUT2D eigenvalue weighted by atomic mass is 32.2. The van der Waals surface area contributed by atoms with Crippen molar-refractivity contribution in [1.82, 2.24) is 5.32 Å². The molecule has 3 rings (SSSR count). The molecule has 136 valence electrons. The molecule has 1 N–H and O–H groups in total. The van der Waals surface area contributed by atoms with Crippen LogP contribution in [0.1, 0.15) is 41.7 Å². The maximum atomic E-state index is 13.5. The number of rotatable bonds is 6. The molecule has 4 nitrogen and oxygen atoms in total. The largest absolute Gasteiger partial charge is 0.484 e. The van der Waals surface area contributed by atoms with Crippen LogP contribution < -0.4 is 10.1 Å². The van der Waals surface area contributed by atoms with Crippen LogP contribution in [0, 0.1) is 5.82 Å². The number of fused-ring (bicyclic) bond motifs is 1. The number of Topliss-reactive ketones (excluding diaryl/α,β-unsaturated/α-hetero) is 1. The molecule has 6 heteroatoms. The minimum absolute atomic E-state index is 0.0651. The summed E-state index contributed by atoms with van der Waals surface area (Å²) in [5.74, 6) is 0.903. The zero-order valence-electron chi connectivity index (χ0n) is 14.5. The smallest absolute Gasteiger partial charge is 0.258 e. The van der Waals surface area contributed by atoms with Crippen LogP contribution in [0.3, 0.4) is 0 Å². The van der Waals surface area contributed by atoms with Gasteiger partial charge in [0, 0.05) is 22.6 Å². The van der Waals surface area contributed by atoms with E-state index in [1.807, 2.05) is 6.92 Å². The highest BCUT2D eigenvalue weighted by Crippen LogP contribution is 2.36. The second-order valence-corrected chi connectivity index (χ2v) is 7.17. The highest BCUT2D eigenvalue weighted by Gasteiger charge is 2.23. The molecule has 1 heterocycles. The van der Waals surface area contributed by atoms with E-state index in [1.165, 1.54) is 12.1 Å². The fourth-order valence-electron chi connectivity index (χ4n) is 2.84. The first kappa shape index (κ1) is 18.5. The average molecular weight is 373 g/mol. The summed E-state index contributed by atoms with van der Waals surface area (Å²) in [6.07, 6.45) is 1.20. The standard InChI is InChI=1S/C20H20FNO3S/c1-2-18(23)13-3-6-15(7-4-13)25-12-20(24)22-17-9-10-26-19-8-5-14(21)11-16(17)19/h3-8,11,17H,2,9-10,12H2,1H3,(H,22,24). The van der Waals surface area contributed by atoms with Gasteiger partial charge in [0.15, 0.2) is 12.4 Å². The minimum Gasteiger partial charge on any atom is -0.484 e. The van der Waals surface area contributed by atoms with Crippen LogP contribution in [0.25, 0.3) is 0 Å². The lowest BCUT2D eigenvalue weighted by atomic mass is 10.0. The minimum atomic E-state index is -0.302. The van der Waals surface area contributed by atoms with Crippen molar-refractivity contribution in [1.29, 1.82) is 0 Å². The number of carbonyl (C=O) groups is 2. The predicted molar refractivity (Wildman–Crippen MR) is 99.2 cm³/mol. The lowest BCUT2D eigenvalue weighted by Gasteiger charge is -2.26. The Hall–Kier alpha value is -2.34. The summed E-state index contributed by atoms with van der Waals surface area (Å²) in [4.78, 5) is 24.8. The summed E-state index contributed by atoms with van der Waals surface area (Å²) < 4.78 is 19.0. The van der Waals surface area contributed by atoms with Gasteiger partial charge in [0.2, 0.25) is 0 Å². The van der Waals surface area contributed by atoms with E-state index in [-0.39, 0.29) is 30.2 Å². The fourth-order valence-corrected chi connectivity index (χ4v) is 3.95. The number of hydrogen-bond donors (Lipinski definition) is 1. The number of ether oxygens (including phenoxy) is 1. The van der Waals surface area contributed by atoms with Crippen LogP contribution in [0.15, 0.2) is 47.4 Å². The summed E-state index contributed by atoms with van der Waals surface area (Å²) in [7, 11) is 0. The van der Waals surface area contributed by atoms with Gasteiger partial charge in [-0.1, -0.05) is 6.92 Å². The topological polar surface area (TPSA) is 55.4 Å². The maximum Gasteiger partial charge on any atom is 0.258 e. The van der Waals surface area contributed by atoms with Crippen LogP contribution in [0.4, 0.5) is 4.39 Å². The second kappa shape index (κ2) is 8.36. The number of amides is 1. The molecule has 0 fully saturated rings. The predicted octanol–water partition coefficient (Wildman–Crippen LogP) is 4.15. The molecule has 0 spiro atoms. The molecule has 1 aliphatic rings. The second-order valence-electron chi connectivity index (χ2n) is 6.03. The van der Waals surface area contributed by atoms with Crippen LogP contribution in [-0.2, 0) is 4.79 Å². The first-order chi connectivity index (χ1) is 12.6. The number of ketones is 1. The van der Waals surface area contributed by atoms with Gasteiger partial charge in [0.1, 0.15) is 11.6 Å². The lowest BCUT2D eigenvalue weighted by molar-refractivity contribution is -0.123. The number of halogens is 1. The molecule has 0 saturated carbocycles. The van der Waals surface area contributed by atoms with E-state index < -0.39 is 0 Å². The molecule has 0 radical (unpaired) electrons. The molecule has 0 bridgehead atoms. The monoisotopic (exact) mass is 373 g/mol. The summed E-state index contributed by atoms with van der Waals surface area (Å²) in [5, 5.41) is 2.91. The van der Waals surface area contributed by atoms with Crippen molar-refractivity contribution in [3.8, 4) is 5.75 Å². The SMILES string of the molecule is CCC(=O)c1ccc(OCC(=O)NC2CCSc3ccc(F)cc32)cc1. The van der Waals surface area contributed by atoms with E-state index in [9.17, 15) is 14.0 Å². The maximum absolute atomic E-state index is 13.5. The van der Waals surface area contributed by atoms with Crippen LogP contribution in [0.5, 0.6) is 5.75 Å². The number of benzene rings is 2.